The molecular weight excluding hydrogens is 541 g/mol. The van der Waals surface area contributed by atoms with Crippen molar-refractivity contribution in [2.45, 2.75) is 30.4 Å². The van der Waals surface area contributed by atoms with Gasteiger partial charge in [0.25, 0.3) is 5.91 Å². The zero-order valence-electron chi connectivity index (χ0n) is 20.2. The number of nitrogens with one attached hydrogen (secondary N) is 3. The van der Waals surface area contributed by atoms with Gasteiger partial charge in [0.05, 0.1) is 17.4 Å². The van der Waals surface area contributed by atoms with Crippen molar-refractivity contribution in [3.8, 4) is 0 Å². The molecule has 3 N–H and O–H groups in total. The number of rotatable bonds is 9. The van der Waals surface area contributed by atoms with Gasteiger partial charge in [0.1, 0.15) is 11.4 Å². The summed E-state index contributed by atoms with van der Waals surface area (Å²) in [5, 5.41) is 20.2. The third kappa shape index (κ3) is 6.98. The van der Waals surface area contributed by atoms with Crippen LogP contribution in [0.4, 0.5) is 0 Å². The molecule has 0 aromatic carbocycles. The van der Waals surface area contributed by atoms with Crippen LogP contribution in [0.1, 0.15) is 13.8 Å². The van der Waals surface area contributed by atoms with Crippen LogP contribution in [-0.4, -0.2) is 84.4 Å². The van der Waals surface area contributed by atoms with E-state index in [-0.39, 0.29) is 63.6 Å². The number of fused-ring (bicyclic) bond motifs is 1. The quantitative estimate of drug-likeness (QED) is 0.0650. The van der Waals surface area contributed by atoms with E-state index in [9.17, 15) is 29.1 Å². The molecule has 2 amide bonds. The number of aliphatic imine (C=N–C) groups is 1. The van der Waals surface area contributed by atoms with Crippen molar-refractivity contribution in [2.75, 3.05) is 30.3 Å². The second-order valence-corrected chi connectivity index (χ2v) is 10.3. The zero-order valence-corrected chi connectivity index (χ0v) is 24.6. The van der Waals surface area contributed by atoms with E-state index in [0.717, 1.165) is 16.7 Å². The summed E-state index contributed by atoms with van der Waals surface area (Å²) in [7, 11) is 1.50. The van der Waals surface area contributed by atoms with Gasteiger partial charge in [-0.1, -0.05) is 23.5 Å². The van der Waals surface area contributed by atoms with Crippen LogP contribution in [0, 0.1) is 0 Å². The maximum absolute atomic E-state index is 12.8. The van der Waals surface area contributed by atoms with Gasteiger partial charge in [-0.3, -0.25) is 38.9 Å². The van der Waals surface area contributed by atoms with Gasteiger partial charge in [0.15, 0.2) is 10.3 Å². The third-order valence-electron chi connectivity index (χ3n) is 4.85. The maximum Gasteiger partial charge on any atom is 1.00 e. The maximum atomic E-state index is 12.8. The molecule has 0 saturated carbocycles. The van der Waals surface area contributed by atoms with E-state index in [1.54, 1.807) is 0 Å². The number of β-lactam (4-membered cyclic amide) rings is 1. The van der Waals surface area contributed by atoms with Gasteiger partial charge in [-0.2, -0.15) is 4.98 Å². The number of nitrogens with zero attached hydrogens (tertiary/aromatic N) is 4. The summed E-state index contributed by atoms with van der Waals surface area (Å²) in [4.78, 5) is 69.0. The Kier molecular flexibility index (Phi) is 11.6. The summed E-state index contributed by atoms with van der Waals surface area (Å²) in [6.45, 7) is 5.03. The van der Waals surface area contributed by atoms with Crippen molar-refractivity contribution >= 4 is 58.2 Å². The van der Waals surface area contributed by atoms with Gasteiger partial charge >= 0.3 is 40.7 Å². The number of aryl methyl sites for hydroxylation is 1. The number of aromatic amines is 1. The van der Waals surface area contributed by atoms with Crippen molar-refractivity contribution in [3.63, 3.8) is 0 Å². The zero-order chi connectivity index (χ0) is 25.7. The summed E-state index contributed by atoms with van der Waals surface area (Å²) in [6, 6.07) is -0.843. The number of amidine groups is 1. The van der Waals surface area contributed by atoms with Crippen LogP contribution in [0.25, 0.3) is 0 Å². The van der Waals surface area contributed by atoms with Crippen molar-refractivity contribution < 1.29 is 49.0 Å². The minimum atomic E-state index is -1.51. The van der Waals surface area contributed by atoms with E-state index in [1.807, 2.05) is 13.8 Å². The molecule has 36 heavy (non-hydrogen) atoms. The van der Waals surface area contributed by atoms with Crippen LogP contribution in [0.5, 0.6) is 0 Å². The Morgan fingerprint density at radius 1 is 1.31 bits per heavy atom. The second-order valence-electron chi connectivity index (χ2n) is 7.28. The molecule has 0 aliphatic carbocycles. The first-order chi connectivity index (χ1) is 16.7. The van der Waals surface area contributed by atoms with E-state index in [0.29, 0.717) is 23.8 Å². The van der Waals surface area contributed by atoms with Gasteiger partial charge in [-0.05, 0) is 19.4 Å². The largest absolute Gasteiger partial charge is 1.00 e. The van der Waals surface area contributed by atoms with Crippen molar-refractivity contribution in [3.05, 3.63) is 32.0 Å². The number of hydrogen-bond donors (Lipinski definition) is 3. The fourth-order valence-corrected chi connectivity index (χ4v) is 6.54. The second kappa shape index (κ2) is 13.7. The summed E-state index contributed by atoms with van der Waals surface area (Å²) in [5.41, 5.74) is -1.65. The molecule has 190 valence electrons. The number of H-pyrrole nitrogens is 1. The summed E-state index contributed by atoms with van der Waals surface area (Å²) in [6.07, 6.45) is 0. The first-order valence-electron chi connectivity index (χ1n) is 10.6. The molecule has 2 aliphatic rings. The van der Waals surface area contributed by atoms with Gasteiger partial charge in [0, 0.05) is 31.6 Å². The first kappa shape index (κ1) is 30.5. The number of carbonyl (C=O) groups is 3. The van der Waals surface area contributed by atoms with Crippen LogP contribution >= 0.6 is 35.3 Å². The van der Waals surface area contributed by atoms with E-state index in [4.69, 9.17) is 0 Å². The summed E-state index contributed by atoms with van der Waals surface area (Å²) < 4.78 is 1.26. The van der Waals surface area contributed by atoms with Crippen molar-refractivity contribution in [2.24, 2.45) is 12.0 Å². The molecule has 17 heteroatoms. The topological polar surface area (TPSA) is 182 Å². The van der Waals surface area contributed by atoms with Crippen LogP contribution in [0.3, 0.4) is 0 Å². The average molecular weight is 566 g/mol. The standard InChI is InChI=1S/C19H25N7O6S3.Na/c1-4-20-18(21-5-2)34-8-10(27)22-11-15(30)26-12(17(31)32)9(6-33-16(11)26)7-35-19-23-13(28)14(29)24-25(19)3;/h11,16H,4-8H2,1-3H3,(H,20,21)(H,22,27)(H,24,29)(H,31,32);/q;+1/p-1. The Morgan fingerprint density at radius 2 is 2.03 bits per heavy atom. The van der Waals surface area contributed by atoms with Crippen molar-refractivity contribution in [1.82, 2.24) is 30.3 Å². The Hall–Kier alpha value is -1.72. The summed E-state index contributed by atoms with van der Waals surface area (Å²) in [5.74, 6) is -1.96. The van der Waals surface area contributed by atoms with Gasteiger partial charge in [-0.25, -0.2) is 0 Å². The number of aromatic nitrogens is 3. The minimum absolute atomic E-state index is 0. The average Bonchev–Trinajstić information content (AvgIpc) is 2.81. The Bertz CT molecular complexity index is 1200. The molecular formula is C19H24N7NaO6S3. The van der Waals surface area contributed by atoms with E-state index in [2.05, 4.69) is 25.7 Å². The Morgan fingerprint density at radius 3 is 2.67 bits per heavy atom. The first-order valence-corrected chi connectivity index (χ1v) is 13.6. The number of thioether (sulfide) groups is 3. The molecule has 2 aliphatic heterocycles. The number of carboxylic acid groups (broad SMARTS) is 1. The normalized spacial score (nSPS) is 19.2. The molecule has 1 saturated heterocycles. The predicted octanol–water partition coefficient (Wildman–Crippen LogP) is -5.31. The number of hydrogen-bond acceptors (Lipinski definition) is 11. The molecule has 13 nitrogen and oxygen atoms in total. The Balaban J connectivity index is 0.00000456. The number of carboxylic acids is 1. The van der Waals surface area contributed by atoms with Crippen LogP contribution in [0.2, 0.25) is 0 Å². The SMILES string of the molecule is CCN=C(NCC)SCC(=O)NC1C(=O)N2C(C(=O)[O-])=C(CSc3nc(=O)c(=O)[nH]n3C)CSC12.[Na+]. The molecule has 1 aromatic heterocycles. The van der Waals surface area contributed by atoms with Gasteiger partial charge in [0.2, 0.25) is 5.91 Å². The van der Waals surface area contributed by atoms with Gasteiger partial charge in [-0.15, -0.1) is 11.8 Å². The summed E-state index contributed by atoms with van der Waals surface area (Å²) >= 11 is 3.59. The monoisotopic (exact) mass is 565 g/mol. The minimum Gasteiger partial charge on any atom is -0.543 e. The van der Waals surface area contributed by atoms with Crippen LogP contribution in [-0.2, 0) is 21.4 Å². The van der Waals surface area contributed by atoms with Gasteiger partial charge < -0.3 is 20.5 Å². The molecule has 3 rings (SSSR count). The molecule has 2 atom stereocenters. The predicted molar refractivity (Wildman–Crippen MR) is 132 cm³/mol. The molecule has 2 unspecified atom stereocenters. The molecule has 0 bridgehead atoms. The fraction of sp³-hybridized carbons (Fsp3) is 0.526. The van der Waals surface area contributed by atoms with E-state index in [1.165, 1.54) is 35.3 Å². The molecule has 1 fully saturated rings. The third-order valence-corrected chi connectivity index (χ3v) is 8.26. The van der Waals surface area contributed by atoms with E-state index >= 15 is 0 Å². The number of aliphatic carboxylic acids is 1. The van der Waals surface area contributed by atoms with E-state index < -0.39 is 34.4 Å². The number of amides is 2. The van der Waals surface area contributed by atoms with Crippen molar-refractivity contribution in [1.29, 1.82) is 0 Å². The number of carbonyl (C=O) groups excluding carboxylic acids is 3. The molecule has 1 aromatic rings. The molecule has 0 spiro atoms. The molecule has 3 heterocycles. The van der Waals surface area contributed by atoms with Crippen LogP contribution < -0.4 is 56.4 Å². The Labute approximate surface area is 241 Å². The molecule has 0 radical (unpaired) electrons. The smallest absolute Gasteiger partial charge is 0.543 e. The van der Waals surface area contributed by atoms with Crippen LogP contribution in [0.15, 0.2) is 31.0 Å². The fourth-order valence-electron chi connectivity index (χ4n) is 3.32.